The third-order valence-corrected chi connectivity index (χ3v) is 4.76. The molecule has 4 rings (SSSR count). The van der Waals surface area contributed by atoms with E-state index in [2.05, 4.69) is 9.97 Å². The number of hydrogen-bond acceptors (Lipinski definition) is 6. The maximum Gasteiger partial charge on any atom is 0.411 e. The molecule has 1 aliphatic heterocycles. The van der Waals surface area contributed by atoms with Gasteiger partial charge in [-0.05, 0) is 39.0 Å². The van der Waals surface area contributed by atoms with Crippen LogP contribution < -0.4 is 5.56 Å². The van der Waals surface area contributed by atoms with Crippen LogP contribution in [0.15, 0.2) is 27.4 Å². The molecular formula is C19H20ClN3O5. The van der Waals surface area contributed by atoms with Gasteiger partial charge in [0.05, 0.1) is 18.7 Å². The van der Waals surface area contributed by atoms with Gasteiger partial charge in [-0.1, -0.05) is 11.6 Å². The Bertz CT molecular complexity index is 1130. The second-order valence-corrected chi connectivity index (χ2v) is 8.35. The molecule has 3 aromatic rings. The average molecular weight is 406 g/mol. The monoisotopic (exact) mass is 405 g/mol. The van der Waals surface area contributed by atoms with Crippen LogP contribution in [-0.2, 0) is 4.74 Å². The van der Waals surface area contributed by atoms with E-state index in [1.807, 2.05) is 0 Å². The number of rotatable bonds is 1. The molecule has 0 radical (unpaired) electrons. The molecule has 2 atom stereocenters. The van der Waals surface area contributed by atoms with E-state index in [0.717, 1.165) is 0 Å². The number of nitrogens with one attached hydrogen (secondary N) is 1. The van der Waals surface area contributed by atoms with Gasteiger partial charge in [-0.15, -0.1) is 0 Å². The number of fused-ring (bicyclic) bond motifs is 3. The van der Waals surface area contributed by atoms with Gasteiger partial charge in [0.15, 0.2) is 0 Å². The largest absolute Gasteiger partial charge is 0.449 e. The van der Waals surface area contributed by atoms with Gasteiger partial charge < -0.3 is 19.2 Å². The molecule has 0 spiro atoms. The summed E-state index contributed by atoms with van der Waals surface area (Å²) < 4.78 is 11.0. The normalized spacial score (nSPS) is 20.2. The van der Waals surface area contributed by atoms with Gasteiger partial charge in [0, 0.05) is 16.8 Å². The first-order valence-electron chi connectivity index (χ1n) is 8.92. The molecule has 0 unspecified atom stereocenters. The first-order valence-corrected chi connectivity index (χ1v) is 9.30. The predicted molar refractivity (Wildman–Crippen MR) is 103 cm³/mol. The molecule has 0 saturated carbocycles. The Hall–Kier alpha value is -2.58. The zero-order chi connectivity index (χ0) is 20.2. The van der Waals surface area contributed by atoms with Crippen molar-refractivity contribution < 1.29 is 19.1 Å². The van der Waals surface area contributed by atoms with Gasteiger partial charge in [-0.3, -0.25) is 9.69 Å². The summed E-state index contributed by atoms with van der Waals surface area (Å²) in [6, 6.07) is 4.39. The number of furan rings is 1. The van der Waals surface area contributed by atoms with E-state index in [1.54, 1.807) is 39.0 Å². The van der Waals surface area contributed by atoms with Crippen molar-refractivity contribution in [3.63, 3.8) is 0 Å². The summed E-state index contributed by atoms with van der Waals surface area (Å²) in [5.41, 5.74) is -0.203. The summed E-state index contributed by atoms with van der Waals surface area (Å²) >= 11 is 6.07. The van der Waals surface area contributed by atoms with Crippen LogP contribution in [0.4, 0.5) is 4.79 Å². The number of halogens is 1. The maximum absolute atomic E-state index is 12.6. The molecular weight excluding hydrogens is 386 g/mol. The van der Waals surface area contributed by atoms with E-state index in [1.165, 1.54) is 4.90 Å². The van der Waals surface area contributed by atoms with Crippen LogP contribution in [0, 0.1) is 0 Å². The molecule has 1 aromatic carbocycles. The number of H-pyrrole nitrogens is 1. The number of aromatic nitrogens is 2. The average Bonchev–Trinajstić information content (AvgIpc) is 3.14. The van der Waals surface area contributed by atoms with E-state index in [9.17, 15) is 14.7 Å². The molecule has 0 bridgehead atoms. The molecule has 28 heavy (non-hydrogen) atoms. The van der Waals surface area contributed by atoms with Crippen molar-refractivity contribution in [2.45, 2.75) is 44.9 Å². The van der Waals surface area contributed by atoms with Crippen molar-refractivity contribution >= 4 is 39.8 Å². The first kappa shape index (κ1) is 18.8. The van der Waals surface area contributed by atoms with Crippen LogP contribution in [0.5, 0.6) is 0 Å². The molecule has 8 nitrogen and oxygen atoms in total. The third-order valence-electron chi connectivity index (χ3n) is 4.53. The second kappa shape index (κ2) is 6.49. The number of aliphatic hydroxyl groups excluding tert-OH is 1. The van der Waals surface area contributed by atoms with Crippen LogP contribution in [0.2, 0.25) is 5.02 Å². The smallest absolute Gasteiger partial charge is 0.411 e. The van der Waals surface area contributed by atoms with Gasteiger partial charge in [0.25, 0.3) is 5.56 Å². The molecule has 0 aliphatic carbocycles. The Kier molecular flexibility index (Phi) is 4.35. The Balaban J connectivity index is 1.80. The number of ether oxygens (including phenoxy) is 1. The van der Waals surface area contributed by atoms with Crippen molar-refractivity contribution in [3.8, 4) is 0 Å². The zero-order valence-corrected chi connectivity index (χ0v) is 16.4. The quantitative estimate of drug-likeness (QED) is 0.642. The zero-order valence-electron chi connectivity index (χ0n) is 15.7. The number of aromatic amines is 1. The van der Waals surface area contributed by atoms with E-state index >= 15 is 0 Å². The van der Waals surface area contributed by atoms with Crippen LogP contribution in [0.25, 0.3) is 22.1 Å². The lowest BCUT2D eigenvalue weighted by Gasteiger charge is -2.27. The highest BCUT2D eigenvalue weighted by Crippen LogP contribution is 2.33. The minimum absolute atomic E-state index is 0.0865. The number of aliphatic hydroxyl groups is 1. The standard InChI is InChI=1S/C19H20ClN3O5/c1-19(2,3)28-18(26)23-8-10(24)7-12(23)16-21-14-11-6-9(20)4-5-13(11)27-15(14)17(25)22-16/h4-6,10,12,24H,7-8H2,1-3H3,(H,21,22,25)/t10-,12-/m0/s1. The fourth-order valence-electron chi connectivity index (χ4n) is 3.40. The summed E-state index contributed by atoms with van der Waals surface area (Å²) in [4.78, 5) is 33.8. The number of β-amino-alcohol motifs (C(OH)–C–C–N with tert-alkyl or cyclic N) is 1. The third kappa shape index (κ3) is 3.33. The predicted octanol–water partition coefficient (Wildman–Crippen LogP) is 3.37. The van der Waals surface area contributed by atoms with Crippen molar-refractivity contribution in [2.75, 3.05) is 6.54 Å². The van der Waals surface area contributed by atoms with E-state index < -0.39 is 29.4 Å². The fraction of sp³-hybridized carbons (Fsp3) is 0.421. The van der Waals surface area contributed by atoms with Gasteiger partial charge >= 0.3 is 6.09 Å². The molecule has 2 aromatic heterocycles. The van der Waals surface area contributed by atoms with Gasteiger partial charge in [0.2, 0.25) is 5.58 Å². The van der Waals surface area contributed by atoms with Crippen LogP contribution >= 0.6 is 11.6 Å². The highest BCUT2D eigenvalue weighted by molar-refractivity contribution is 6.31. The van der Waals surface area contributed by atoms with Crippen molar-refractivity contribution in [2.24, 2.45) is 0 Å². The Morgan fingerprint density at radius 3 is 2.89 bits per heavy atom. The number of carbonyl (C=O) groups is 1. The highest BCUT2D eigenvalue weighted by atomic mass is 35.5. The number of hydrogen-bond donors (Lipinski definition) is 2. The van der Waals surface area contributed by atoms with Gasteiger partial charge in [0.1, 0.15) is 22.5 Å². The first-order chi connectivity index (χ1) is 13.1. The molecule has 3 heterocycles. The minimum atomic E-state index is -0.742. The molecule has 9 heteroatoms. The molecule has 1 amide bonds. The lowest BCUT2D eigenvalue weighted by atomic mass is 10.1. The SMILES string of the molecule is CC(C)(C)OC(=O)N1C[C@@H](O)C[C@H]1c1nc2c(oc3ccc(Cl)cc32)c(=O)[nH]1. The Morgan fingerprint density at radius 1 is 1.43 bits per heavy atom. The molecule has 1 saturated heterocycles. The number of amides is 1. The van der Waals surface area contributed by atoms with Gasteiger partial charge in [-0.25, -0.2) is 9.78 Å². The number of benzene rings is 1. The lowest BCUT2D eigenvalue weighted by Crippen LogP contribution is -2.38. The highest BCUT2D eigenvalue weighted by Gasteiger charge is 2.39. The summed E-state index contributed by atoms with van der Waals surface area (Å²) in [7, 11) is 0. The van der Waals surface area contributed by atoms with Crippen LogP contribution in [0.1, 0.15) is 39.1 Å². The fourth-order valence-corrected chi connectivity index (χ4v) is 3.57. The molecule has 1 fully saturated rings. The Morgan fingerprint density at radius 2 is 2.18 bits per heavy atom. The molecule has 1 aliphatic rings. The second-order valence-electron chi connectivity index (χ2n) is 7.91. The molecule has 2 N–H and O–H groups in total. The summed E-state index contributed by atoms with van der Waals surface area (Å²) in [6.07, 6.45) is -1.07. The van der Waals surface area contributed by atoms with Crippen molar-refractivity contribution in [1.29, 1.82) is 0 Å². The van der Waals surface area contributed by atoms with Crippen LogP contribution in [0.3, 0.4) is 0 Å². The van der Waals surface area contributed by atoms with E-state index in [0.29, 0.717) is 21.5 Å². The van der Waals surface area contributed by atoms with Crippen molar-refractivity contribution in [1.82, 2.24) is 14.9 Å². The number of likely N-dealkylation sites (tertiary alicyclic amines) is 1. The van der Waals surface area contributed by atoms with Crippen molar-refractivity contribution in [3.05, 3.63) is 39.4 Å². The van der Waals surface area contributed by atoms with Crippen LogP contribution in [-0.4, -0.2) is 44.3 Å². The topological polar surface area (TPSA) is 109 Å². The number of nitrogens with zero attached hydrogens (tertiary/aromatic N) is 2. The molecule has 148 valence electrons. The summed E-state index contributed by atoms with van der Waals surface area (Å²) in [6.45, 7) is 5.39. The lowest BCUT2D eigenvalue weighted by molar-refractivity contribution is 0.0201. The number of carbonyl (C=O) groups excluding carboxylic acids is 1. The minimum Gasteiger partial charge on any atom is -0.449 e. The summed E-state index contributed by atoms with van der Waals surface area (Å²) in [5, 5.41) is 11.2. The van der Waals surface area contributed by atoms with E-state index in [-0.39, 0.29) is 24.4 Å². The van der Waals surface area contributed by atoms with Gasteiger partial charge in [-0.2, -0.15) is 0 Å². The van der Waals surface area contributed by atoms with E-state index in [4.69, 9.17) is 20.8 Å². The summed E-state index contributed by atoms with van der Waals surface area (Å²) in [5.74, 6) is 0.266. The Labute approximate surface area is 165 Å². The maximum atomic E-state index is 12.6.